The number of hydrogen-bond donors (Lipinski definition) is 1. The Morgan fingerprint density at radius 2 is 2.28 bits per heavy atom. The van der Waals surface area contributed by atoms with Gasteiger partial charge in [0, 0.05) is 50.5 Å². The van der Waals surface area contributed by atoms with Gasteiger partial charge in [-0.2, -0.15) is 5.10 Å². The van der Waals surface area contributed by atoms with Crippen molar-refractivity contribution < 1.29 is 0 Å². The van der Waals surface area contributed by atoms with Crippen LogP contribution >= 0.6 is 0 Å². The summed E-state index contributed by atoms with van der Waals surface area (Å²) in [5, 5.41) is 7.94. The quantitative estimate of drug-likeness (QED) is 0.864. The summed E-state index contributed by atoms with van der Waals surface area (Å²) in [6.45, 7) is 7.87. The molecular formula is C14H26N4. The second-order valence-corrected chi connectivity index (χ2v) is 5.41. The fraction of sp³-hybridized carbons (Fsp3) is 0.786. The average Bonchev–Trinajstić information content (AvgIpc) is 2.76. The molecule has 2 rings (SSSR count). The highest BCUT2D eigenvalue weighted by molar-refractivity contribution is 5.04. The topological polar surface area (TPSA) is 33.1 Å². The lowest BCUT2D eigenvalue weighted by Gasteiger charge is -2.40. The molecule has 1 fully saturated rings. The molecule has 0 radical (unpaired) electrons. The molecule has 0 saturated carbocycles. The minimum atomic E-state index is 0.662. The Kier molecular flexibility index (Phi) is 4.78. The maximum atomic E-state index is 4.26. The number of hydrogen-bond acceptors (Lipinski definition) is 3. The van der Waals surface area contributed by atoms with Gasteiger partial charge < -0.3 is 5.32 Å². The number of nitrogens with zero attached hydrogens (tertiary/aromatic N) is 3. The molecular weight excluding hydrogens is 224 g/mol. The van der Waals surface area contributed by atoms with Crippen LogP contribution < -0.4 is 5.32 Å². The lowest BCUT2D eigenvalue weighted by atomic mass is 10.0. The first-order chi connectivity index (χ1) is 8.72. The maximum Gasteiger partial charge on any atom is 0.0534 e. The van der Waals surface area contributed by atoms with Crippen molar-refractivity contribution in [1.29, 1.82) is 0 Å². The molecule has 0 amide bonds. The van der Waals surface area contributed by atoms with E-state index in [0.717, 1.165) is 13.1 Å². The van der Waals surface area contributed by atoms with Crippen molar-refractivity contribution in [1.82, 2.24) is 20.0 Å². The van der Waals surface area contributed by atoms with Gasteiger partial charge in [0.05, 0.1) is 6.20 Å². The minimum Gasteiger partial charge on any atom is -0.311 e. The Morgan fingerprint density at radius 1 is 1.44 bits per heavy atom. The van der Waals surface area contributed by atoms with E-state index in [0.29, 0.717) is 12.1 Å². The summed E-state index contributed by atoms with van der Waals surface area (Å²) in [5.41, 5.74) is 1.33. The molecule has 0 aromatic carbocycles. The molecule has 4 nitrogen and oxygen atoms in total. The van der Waals surface area contributed by atoms with Gasteiger partial charge in [-0.05, 0) is 12.8 Å². The fourth-order valence-corrected chi connectivity index (χ4v) is 2.85. The molecule has 2 atom stereocenters. The Bertz CT molecular complexity index is 360. The van der Waals surface area contributed by atoms with Crippen molar-refractivity contribution in [3.8, 4) is 0 Å². The second kappa shape index (κ2) is 6.34. The van der Waals surface area contributed by atoms with Crippen molar-refractivity contribution in [3.05, 3.63) is 18.0 Å². The van der Waals surface area contributed by atoms with Gasteiger partial charge >= 0.3 is 0 Å². The smallest absolute Gasteiger partial charge is 0.0534 e. The van der Waals surface area contributed by atoms with Gasteiger partial charge in [0.2, 0.25) is 0 Å². The lowest BCUT2D eigenvalue weighted by Crippen LogP contribution is -2.55. The van der Waals surface area contributed by atoms with Crippen LogP contribution in [0.5, 0.6) is 0 Å². The molecule has 0 bridgehead atoms. The van der Waals surface area contributed by atoms with Crippen LogP contribution in [0.1, 0.15) is 38.7 Å². The highest BCUT2D eigenvalue weighted by atomic mass is 15.3. The molecule has 1 aromatic rings. The number of aryl methyl sites for hydroxylation is 1. The van der Waals surface area contributed by atoms with Gasteiger partial charge in [0.25, 0.3) is 0 Å². The molecule has 2 unspecified atom stereocenters. The van der Waals surface area contributed by atoms with E-state index in [1.54, 1.807) is 0 Å². The fourth-order valence-electron chi connectivity index (χ4n) is 2.85. The number of rotatable bonds is 5. The zero-order valence-corrected chi connectivity index (χ0v) is 11.9. The monoisotopic (exact) mass is 250 g/mol. The van der Waals surface area contributed by atoms with E-state index in [2.05, 4.69) is 35.4 Å². The highest BCUT2D eigenvalue weighted by Crippen LogP contribution is 2.16. The van der Waals surface area contributed by atoms with Crippen LogP contribution in [0.15, 0.2) is 12.4 Å². The Morgan fingerprint density at radius 3 is 2.89 bits per heavy atom. The van der Waals surface area contributed by atoms with E-state index >= 15 is 0 Å². The SMILES string of the molecule is CCCC1CN(Cc2cnn(C)c2)C(CC)CN1. The van der Waals surface area contributed by atoms with Crippen LogP contribution in [0.25, 0.3) is 0 Å². The van der Waals surface area contributed by atoms with Crippen molar-refractivity contribution in [2.75, 3.05) is 13.1 Å². The van der Waals surface area contributed by atoms with Crippen molar-refractivity contribution in [2.24, 2.45) is 7.05 Å². The van der Waals surface area contributed by atoms with E-state index < -0.39 is 0 Å². The van der Waals surface area contributed by atoms with Crippen LogP contribution in [0.2, 0.25) is 0 Å². The van der Waals surface area contributed by atoms with Crippen LogP contribution in [0.4, 0.5) is 0 Å². The first kappa shape index (κ1) is 13.6. The summed E-state index contributed by atoms with van der Waals surface area (Å²) in [7, 11) is 1.98. The number of piperazine rings is 1. The normalized spacial score (nSPS) is 25.5. The van der Waals surface area contributed by atoms with Crippen LogP contribution in [0.3, 0.4) is 0 Å². The average molecular weight is 250 g/mol. The summed E-state index contributed by atoms with van der Waals surface area (Å²) < 4.78 is 1.89. The van der Waals surface area contributed by atoms with Crippen molar-refractivity contribution in [3.63, 3.8) is 0 Å². The third-order valence-electron chi connectivity index (χ3n) is 3.87. The zero-order chi connectivity index (χ0) is 13.0. The van der Waals surface area contributed by atoms with Gasteiger partial charge in [0.1, 0.15) is 0 Å². The Balaban J connectivity index is 1.97. The Hall–Kier alpha value is -0.870. The molecule has 2 heterocycles. The molecule has 1 saturated heterocycles. The third-order valence-corrected chi connectivity index (χ3v) is 3.87. The van der Waals surface area contributed by atoms with Crippen LogP contribution in [-0.2, 0) is 13.6 Å². The van der Waals surface area contributed by atoms with Crippen molar-refractivity contribution >= 4 is 0 Å². The van der Waals surface area contributed by atoms with E-state index in [1.165, 1.54) is 31.4 Å². The predicted molar refractivity (Wildman–Crippen MR) is 74.4 cm³/mol. The highest BCUT2D eigenvalue weighted by Gasteiger charge is 2.26. The molecule has 1 aliphatic heterocycles. The Labute approximate surface area is 110 Å². The first-order valence-electron chi connectivity index (χ1n) is 7.17. The summed E-state index contributed by atoms with van der Waals surface area (Å²) in [6, 6.07) is 1.33. The minimum absolute atomic E-state index is 0.662. The standard InChI is InChI=1S/C14H26N4/c1-4-6-13-11-18(14(5-2)8-15-13)10-12-7-16-17(3)9-12/h7,9,13-15H,4-6,8,10-11H2,1-3H3. The summed E-state index contributed by atoms with van der Waals surface area (Å²) in [5.74, 6) is 0. The molecule has 18 heavy (non-hydrogen) atoms. The first-order valence-corrected chi connectivity index (χ1v) is 7.17. The molecule has 0 spiro atoms. The molecule has 1 N–H and O–H groups in total. The van der Waals surface area contributed by atoms with Crippen LogP contribution in [0, 0.1) is 0 Å². The van der Waals surface area contributed by atoms with Gasteiger partial charge in [-0.15, -0.1) is 0 Å². The van der Waals surface area contributed by atoms with Gasteiger partial charge in [-0.3, -0.25) is 9.58 Å². The molecule has 1 aromatic heterocycles. The lowest BCUT2D eigenvalue weighted by molar-refractivity contribution is 0.115. The molecule has 102 valence electrons. The molecule has 0 aliphatic carbocycles. The van der Waals surface area contributed by atoms with Gasteiger partial charge in [0.15, 0.2) is 0 Å². The number of nitrogens with one attached hydrogen (secondary N) is 1. The third kappa shape index (κ3) is 3.33. The summed E-state index contributed by atoms with van der Waals surface area (Å²) in [4.78, 5) is 2.62. The summed E-state index contributed by atoms with van der Waals surface area (Å²) in [6.07, 6.45) is 7.87. The zero-order valence-electron chi connectivity index (χ0n) is 11.9. The molecule has 1 aliphatic rings. The van der Waals surface area contributed by atoms with Gasteiger partial charge in [-0.1, -0.05) is 20.3 Å². The van der Waals surface area contributed by atoms with Crippen molar-refractivity contribution in [2.45, 2.75) is 51.7 Å². The maximum absolute atomic E-state index is 4.26. The van der Waals surface area contributed by atoms with Gasteiger partial charge in [-0.25, -0.2) is 0 Å². The van der Waals surface area contributed by atoms with E-state index in [1.807, 2.05) is 17.9 Å². The summed E-state index contributed by atoms with van der Waals surface area (Å²) >= 11 is 0. The molecule has 4 heteroatoms. The second-order valence-electron chi connectivity index (χ2n) is 5.41. The van der Waals surface area contributed by atoms with E-state index in [-0.39, 0.29) is 0 Å². The van der Waals surface area contributed by atoms with Crippen LogP contribution in [-0.4, -0.2) is 39.9 Å². The number of aromatic nitrogens is 2. The van der Waals surface area contributed by atoms with E-state index in [9.17, 15) is 0 Å². The predicted octanol–water partition coefficient (Wildman–Crippen LogP) is 1.77. The van der Waals surface area contributed by atoms with E-state index in [4.69, 9.17) is 0 Å². The largest absolute Gasteiger partial charge is 0.311 e.